The predicted molar refractivity (Wildman–Crippen MR) is 445 cm³/mol. The zero-order chi connectivity index (χ0) is 71.3. The van der Waals surface area contributed by atoms with Gasteiger partial charge in [0.05, 0.1) is 33.3 Å². The molecule has 0 saturated heterocycles. The van der Waals surface area contributed by atoms with E-state index in [0.29, 0.717) is 0 Å². The number of para-hydroxylation sites is 2. The van der Waals surface area contributed by atoms with Crippen molar-refractivity contribution in [3.05, 3.63) is 433 Å². The van der Waals surface area contributed by atoms with E-state index in [1.54, 1.807) is 0 Å². The molecule has 4 nitrogen and oxygen atoms in total. The van der Waals surface area contributed by atoms with Crippen LogP contribution in [-0.4, -0.2) is 19.9 Å². The van der Waals surface area contributed by atoms with Crippen LogP contribution in [0.5, 0.6) is 0 Å². The van der Waals surface area contributed by atoms with Gasteiger partial charge in [-0.25, -0.2) is 19.9 Å². The quantitative estimate of drug-likeness (QED) is 0.151. The maximum Gasteiger partial charge on any atom is 0.160 e. The van der Waals surface area contributed by atoms with E-state index in [2.05, 4.69) is 364 Å². The van der Waals surface area contributed by atoms with Gasteiger partial charge in [0.1, 0.15) is 0 Å². The van der Waals surface area contributed by atoms with Crippen molar-refractivity contribution < 1.29 is 0 Å². The molecule has 504 valence electrons. The molecule has 0 fully saturated rings. The lowest BCUT2D eigenvalue weighted by molar-refractivity contribution is 0.722. The minimum absolute atomic E-state index is 0.361. The van der Waals surface area contributed by atoms with Crippen LogP contribution in [0.2, 0.25) is 0 Å². The zero-order valence-corrected chi connectivity index (χ0v) is 60.2. The third kappa shape index (κ3) is 10.2. The number of benzene rings is 16. The maximum absolute atomic E-state index is 5.19. The third-order valence-corrected chi connectivity index (χ3v) is 24.7. The van der Waals surface area contributed by atoms with Gasteiger partial charge in [0, 0.05) is 52.6 Å². The van der Waals surface area contributed by atoms with Crippen molar-refractivity contribution in [2.75, 3.05) is 0 Å². The molecule has 0 radical (unpaired) electrons. The topological polar surface area (TPSA) is 51.6 Å². The van der Waals surface area contributed by atoms with Gasteiger partial charge < -0.3 is 0 Å². The first-order valence-corrected chi connectivity index (χ1v) is 38.4. The van der Waals surface area contributed by atoms with E-state index in [9.17, 15) is 0 Å². The summed E-state index contributed by atoms with van der Waals surface area (Å²) in [5, 5.41) is 2.09. The molecule has 18 aromatic rings. The fourth-order valence-electron chi connectivity index (χ4n) is 17.5. The Morgan fingerprint density at radius 1 is 0.176 bits per heavy atom. The third-order valence-electron chi connectivity index (χ3n) is 22.4. The maximum atomic E-state index is 5.19. The Balaban J connectivity index is 0.000000138. The van der Waals surface area contributed by atoms with Crippen LogP contribution < -0.4 is 0 Å². The van der Waals surface area contributed by atoms with Crippen molar-refractivity contribution in [3.63, 3.8) is 0 Å². The van der Waals surface area contributed by atoms with E-state index in [4.69, 9.17) is 19.9 Å². The van der Waals surface area contributed by atoms with Gasteiger partial charge in [-0.2, -0.15) is 0 Å². The molecule has 4 heterocycles. The summed E-state index contributed by atoms with van der Waals surface area (Å²) in [6.07, 6.45) is 0. The monoisotopic (exact) mass is 1410 g/mol. The number of hydrogen-bond donors (Lipinski definition) is 0. The highest BCUT2D eigenvalue weighted by Crippen LogP contribution is 2.64. The van der Waals surface area contributed by atoms with Crippen LogP contribution >= 0.6 is 23.5 Å². The number of nitrogens with zero attached hydrogens (tertiary/aromatic N) is 4. The summed E-state index contributed by atoms with van der Waals surface area (Å²) in [7, 11) is 0. The van der Waals surface area contributed by atoms with Gasteiger partial charge in [0.25, 0.3) is 0 Å². The SMILES string of the molecule is c1ccc(-c2ccc(-c3nc(-c4ccc(-c5ccc6c(c5)-c5ccccc5C65c6ccccc6Sc6ccccc65)cc4)c4ccccc4n3)cc2)cc1.c1ccc(-c2ccc(-c3nc(-c4ccc(-c5ccc6c(c5)-c5ccccc5C65c6ccccc6Sc6ccccc65)cc4)nc4ccccc34)cc2)cc1. The Bertz CT molecular complexity index is 6500. The summed E-state index contributed by atoms with van der Waals surface area (Å²) in [5.74, 6) is 1.45. The fraction of sp³-hybridized carbons (Fsp3) is 0.0196. The van der Waals surface area contributed by atoms with Crippen molar-refractivity contribution >= 4 is 45.3 Å². The van der Waals surface area contributed by atoms with E-state index in [1.165, 1.54) is 125 Å². The van der Waals surface area contributed by atoms with Crippen LogP contribution in [0.1, 0.15) is 44.5 Å². The summed E-state index contributed by atoms with van der Waals surface area (Å²) in [5.41, 5.74) is 32.7. The molecule has 0 atom stereocenters. The van der Waals surface area contributed by atoms with Crippen molar-refractivity contribution in [1.29, 1.82) is 0 Å². The Hall–Kier alpha value is -13.1. The van der Waals surface area contributed by atoms with Gasteiger partial charge in [0.2, 0.25) is 0 Å². The van der Waals surface area contributed by atoms with Crippen molar-refractivity contribution in [2.45, 2.75) is 30.4 Å². The first-order chi connectivity index (χ1) is 53.5. The Morgan fingerprint density at radius 2 is 0.435 bits per heavy atom. The molecule has 0 unspecified atom stereocenters. The zero-order valence-electron chi connectivity index (χ0n) is 58.6. The molecule has 2 aromatic heterocycles. The van der Waals surface area contributed by atoms with E-state index >= 15 is 0 Å². The summed E-state index contributed by atoms with van der Waals surface area (Å²) in [6, 6.07) is 140. The lowest BCUT2D eigenvalue weighted by Crippen LogP contribution is -2.31. The number of aromatic nitrogens is 4. The second-order valence-corrected chi connectivity index (χ2v) is 30.3. The summed E-state index contributed by atoms with van der Waals surface area (Å²) < 4.78 is 0. The van der Waals surface area contributed by atoms with Crippen LogP contribution in [0.3, 0.4) is 0 Å². The molecule has 6 heteroatoms. The van der Waals surface area contributed by atoms with E-state index in [-0.39, 0.29) is 10.8 Å². The van der Waals surface area contributed by atoms with Gasteiger partial charge in [-0.1, -0.05) is 363 Å². The van der Waals surface area contributed by atoms with Gasteiger partial charge in [0.15, 0.2) is 11.6 Å². The summed E-state index contributed by atoms with van der Waals surface area (Å²) in [6.45, 7) is 0. The molecule has 16 aromatic carbocycles. The molecule has 0 N–H and O–H groups in total. The number of fused-ring (bicyclic) bond motifs is 20. The van der Waals surface area contributed by atoms with E-state index in [0.717, 1.165) is 72.7 Å². The van der Waals surface area contributed by atoms with E-state index in [1.807, 2.05) is 47.8 Å². The van der Waals surface area contributed by atoms with Gasteiger partial charge >= 0.3 is 0 Å². The van der Waals surface area contributed by atoms with E-state index < -0.39 is 0 Å². The molecule has 0 saturated carbocycles. The molecular weight excluding hydrogens is 1350 g/mol. The molecular formula is C102H64N4S2. The lowest BCUT2D eigenvalue weighted by Gasteiger charge is -2.39. The Morgan fingerprint density at radius 3 is 0.806 bits per heavy atom. The average molecular weight is 1410 g/mol. The van der Waals surface area contributed by atoms with Gasteiger partial charge in [-0.3, -0.25) is 0 Å². The molecule has 0 bridgehead atoms. The molecule has 108 heavy (non-hydrogen) atoms. The molecule has 2 aliphatic carbocycles. The van der Waals surface area contributed by atoms with Crippen LogP contribution in [0.15, 0.2) is 408 Å². The standard InChI is InChI=1S/2C51H32N2S/c1-2-12-33(13-3-1)34-24-28-37(29-25-34)50-52-46-19-9-5-15-40(46)49(53-50)36-26-22-35(23-27-36)38-30-31-43-41(32-38)39-14-4-6-16-42(39)51(43)44-17-7-10-20-47(44)54-48-21-11-8-18-45(48)51;1-2-12-33(13-3-1)34-22-26-36(27-23-34)49-40-15-5-9-19-46(40)52-50(53-49)37-28-24-35(25-29-37)38-30-31-43-41(32-38)39-14-4-6-16-42(39)51(43)44-17-7-10-20-47(44)54-48-21-11-8-18-45(48)51/h2*1-32H. The first kappa shape index (κ1) is 63.4. The largest absolute Gasteiger partial charge is 0.228 e. The molecule has 2 aliphatic heterocycles. The van der Waals surface area contributed by atoms with Crippen molar-refractivity contribution in [2.24, 2.45) is 0 Å². The molecule has 2 spiro atoms. The Kier molecular flexibility index (Phi) is 15.2. The highest BCUT2D eigenvalue weighted by Gasteiger charge is 2.52. The molecule has 0 amide bonds. The van der Waals surface area contributed by atoms with Crippen molar-refractivity contribution in [3.8, 4) is 112 Å². The Labute approximate surface area is 635 Å². The predicted octanol–water partition coefficient (Wildman–Crippen LogP) is 26.3. The van der Waals surface area contributed by atoms with Crippen LogP contribution in [0.25, 0.3) is 134 Å². The van der Waals surface area contributed by atoms with Crippen LogP contribution in [0, 0.1) is 0 Å². The number of hydrogen-bond acceptors (Lipinski definition) is 6. The molecule has 22 rings (SSSR count). The second kappa shape index (κ2) is 25.9. The lowest BCUT2D eigenvalue weighted by atomic mass is 9.67. The normalized spacial score (nSPS) is 13.3. The highest BCUT2D eigenvalue weighted by molar-refractivity contribution is 7.99. The van der Waals surface area contributed by atoms with Gasteiger partial charge in [-0.05, 0) is 160 Å². The highest BCUT2D eigenvalue weighted by atomic mass is 32.2. The second-order valence-electron chi connectivity index (χ2n) is 28.2. The minimum Gasteiger partial charge on any atom is -0.228 e. The fourth-order valence-corrected chi connectivity index (χ4v) is 19.8. The summed E-state index contributed by atoms with van der Waals surface area (Å²) >= 11 is 3.76. The smallest absolute Gasteiger partial charge is 0.160 e. The number of rotatable bonds is 8. The van der Waals surface area contributed by atoms with Gasteiger partial charge in [-0.15, -0.1) is 0 Å². The average Bonchev–Trinajstić information content (AvgIpc) is 1.51. The van der Waals surface area contributed by atoms with Crippen molar-refractivity contribution in [1.82, 2.24) is 19.9 Å². The first-order valence-electron chi connectivity index (χ1n) is 36.8. The summed E-state index contributed by atoms with van der Waals surface area (Å²) in [4.78, 5) is 25.7. The van der Waals surface area contributed by atoms with Crippen LogP contribution in [-0.2, 0) is 10.8 Å². The van der Waals surface area contributed by atoms with Crippen LogP contribution in [0.4, 0.5) is 0 Å². The molecule has 4 aliphatic rings. The minimum atomic E-state index is -0.361.